The number of sulfonamides is 1. The molecule has 0 amide bonds. The summed E-state index contributed by atoms with van der Waals surface area (Å²) >= 11 is 1.06. The third-order valence-electron chi connectivity index (χ3n) is 4.79. The van der Waals surface area contributed by atoms with E-state index in [-0.39, 0.29) is 15.8 Å². The van der Waals surface area contributed by atoms with Crippen molar-refractivity contribution in [1.82, 2.24) is 9.29 Å². The number of fused-ring (bicyclic) bond motifs is 1. The Balaban J connectivity index is 1.95. The molecule has 2 aromatic carbocycles. The Hall–Kier alpha value is -2.16. The van der Waals surface area contributed by atoms with Gasteiger partial charge in [-0.1, -0.05) is 37.3 Å². The van der Waals surface area contributed by atoms with Crippen molar-refractivity contribution in [3.63, 3.8) is 0 Å². The molecule has 3 rings (SSSR count). The second-order valence-electron chi connectivity index (χ2n) is 7.32. The Morgan fingerprint density at radius 3 is 2.41 bits per heavy atom. The highest BCUT2D eigenvalue weighted by atomic mass is 32.2. The van der Waals surface area contributed by atoms with Crippen molar-refractivity contribution >= 4 is 31.6 Å². The van der Waals surface area contributed by atoms with Gasteiger partial charge in [0.15, 0.2) is 0 Å². The van der Waals surface area contributed by atoms with E-state index < -0.39 is 10.0 Å². The molecule has 156 valence electrons. The number of nitrogens with one attached hydrogen (secondary N) is 1. The SMILES string of the molecule is CCn1c(=O)sc2cc(S(=O)(=O)N[C@H](CC(C)C)c3ccc(OC)cc3)ccc21. The molecule has 0 saturated carbocycles. The van der Waals surface area contributed by atoms with Crippen molar-refractivity contribution in [2.24, 2.45) is 5.92 Å². The third-order valence-corrected chi connectivity index (χ3v) is 7.20. The predicted octanol–water partition coefficient (Wildman–Crippen LogP) is 4.16. The zero-order valence-corrected chi connectivity index (χ0v) is 18.6. The number of hydrogen-bond acceptors (Lipinski definition) is 5. The minimum absolute atomic E-state index is 0.0825. The molecule has 0 aliphatic heterocycles. The van der Waals surface area contributed by atoms with Gasteiger partial charge in [-0.2, -0.15) is 0 Å². The summed E-state index contributed by atoms with van der Waals surface area (Å²) in [5, 5.41) is 0. The Morgan fingerprint density at radius 1 is 1.14 bits per heavy atom. The zero-order chi connectivity index (χ0) is 21.2. The molecule has 3 aromatic rings. The first-order chi connectivity index (χ1) is 13.7. The number of hydrogen-bond donors (Lipinski definition) is 1. The highest BCUT2D eigenvalue weighted by Gasteiger charge is 2.23. The smallest absolute Gasteiger partial charge is 0.308 e. The van der Waals surface area contributed by atoms with Crippen LogP contribution < -0.4 is 14.3 Å². The Bertz CT molecular complexity index is 1150. The Labute approximate surface area is 175 Å². The lowest BCUT2D eigenvalue weighted by atomic mass is 9.98. The van der Waals surface area contributed by atoms with Crippen molar-refractivity contribution in [3.05, 3.63) is 57.7 Å². The average molecular weight is 435 g/mol. The second kappa shape index (κ2) is 8.69. The predicted molar refractivity (Wildman–Crippen MR) is 117 cm³/mol. The quantitative estimate of drug-likeness (QED) is 0.578. The topological polar surface area (TPSA) is 77.4 Å². The minimum Gasteiger partial charge on any atom is -0.497 e. The number of rotatable bonds is 8. The number of ether oxygens (including phenoxy) is 1. The summed E-state index contributed by atoms with van der Waals surface area (Å²) in [5.74, 6) is 1.02. The fourth-order valence-electron chi connectivity index (χ4n) is 3.33. The molecule has 0 aliphatic carbocycles. The largest absolute Gasteiger partial charge is 0.497 e. The lowest BCUT2D eigenvalue weighted by Crippen LogP contribution is -2.29. The van der Waals surface area contributed by atoms with Crippen molar-refractivity contribution < 1.29 is 13.2 Å². The second-order valence-corrected chi connectivity index (χ2v) is 10.0. The maximum Gasteiger partial charge on any atom is 0.308 e. The number of thiazole rings is 1. The van der Waals surface area contributed by atoms with Gasteiger partial charge >= 0.3 is 4.87 Å². The van der Waals surface area contributed by atoms with E-state index in [9.17, 15) is 13.2 Å². The molecular formula is C21H26N2O4S2. The normalized spacial score (nSPS) is 13.1. The molecule has 0 bridgehead atoms. The van der Waals surface area contributed by atoms with Crippen LogP contribution in [-0.4, -0.2) is 20.1 Å². The number of methoxy groups -OCH3 is 1. The molecule has 1 heterocycles. The van der Waals surface area contributed by atoms with Gasteiger partial charge in [-0.15, -0.1) is 0 Å². The van der Waals surface area contributed by atoms with Crippen LogP contribution in [0.3, 0.4) is 0 Å². The van der Waals surface area contributed by atoms with Gasteiger partial charge < -0.3 is 4.74 Å². The Morgan fingerprint density at radius 2 is 1.83 bits per heavy atom. The van der Waals surface area contributed by atoms with Crippen LogP contribution in [0.1, 0.15) is 38.8 Å². The van der Waals surface area contributed by atoms with Crippen LogP contribution in [0.25, 0.3) is 10.2 Å². The van der Waals surface area contributed by atoms with Crippen LogP contribution in [0.2, 0.25) is 0 Å². The molecule has 6 nitrogen and oxygen atoms in total. The summed E-state index contributed by atoms with van der Waals surface area (Å²) in [4.78, 5) is 12.2. The molecule has 0 spiro atoms. The van der Waals surface area contributed by atoms with Gasteiger partial charge in [-0.3, -0.25) is 9.36 Å². The highest BCUT2D eigenvalue weighted by Crippen LogP contribution is 2.27. The molecule has 1 aromatic heterocycles. The standard InChI is InChI=1S/C21H26N2O4S2/c1-5-23-19-11-10-17(13-20(19)28-21(23)24)29(25,26)22-18(12-14(2)3)15-6-8-16(27-4)9-7-15/h6-11,13-14,18,22H,5,12H2,1-4H3/t18-/m1/s1. The summed E-state index contributed by atoms with van der Waals surface area (Å²) in [6, 6.07) is 11.9. The average Bonchev–Trinajstić information content (AvgIpc) is 3.01. The molecule has 1 N–H and O–H groups in total. The van der Waals surface area contributed by atoms with Crippen molar-refractivity contribution in [2.45, 2.75) is 44.7 Å². The summed E-state index contributed by atoms with van der Waals surface area (Å²) in [6.45, 7) is 6.56. The minimum atomic E-state index is -3.76. The number of benzene rings is 2. The molecule has 0 saturated heterocycles. The lowest BCUT2D eigenvalue weighted by molar-refractivity contribution is 0.414. The van der Waals surface area contributed by atoms with Crippen LogP contribution in [0, 0.1) is 5.92 Å². The van der Waals surface area contributed by atoms with Crippen LogP contribution >= 0.6 is 11.3 Å². The van der Waals surface area contributed by atoms with Gasteiger partial charge in [0, 0.05) is 12.6 Å². The maximum atomic E-state index is 13.1. The number of aryl methyl sites for hydroxylation is 1. The van der Waals surface area contributed by atoms with Crippen molar-refractivity contribution in [3.8, 4) is 5.75 Å². The zero-order valence-electron chi connectivity index (χ0n) is 17.0. The monoisotopic (exact) mass is 434 g/mol. The first-order valence-corrected chi connectivity index (χ1v) is 11.8. The fourth-order valence-corrected chi connectivity index (χ4v) is 5.66. The molecule has 0 radical (unpaired) electrons. The lowest BCUT2D eigenvalue weighted by Gasteiger charge is -2.21. The van der Waals surface area contributed by atoms with E-state index in [1.165, 1.54) is 0 Å². The van der Waals surface area contributed by atoms with Gasteiger partial charge in [0.25, 0.3) is 0 Å². The molecule has 0 unspecified atom stereocenters. The van der Waals surface area contributed by atoms with Gasteiger partial charge in [0.1, 0.15) is 5.75 Å². The molecule has 0 fully saturated rings. The van der Waals surface area contributed by atoms with Gasteiger partial charge in [0.05, 0.1) is 22.2 Å². The van der Waals surface area contributed by atoms with Crippen LogP contribution in [0.4, 0.5) is 0 Å². The third kappa shape index (κ3) is 4.71. The molecule has 29 heavy (non-hydrogen) atoms. The highest BCUT2D eigenvalue weighted by molar-refractivity contribution is 7.89. The molecule has 8 heteroatoms. The van der Waals surface area contributed by atoms with E-state index in [0.29, 0.717) is 23.6 Å². The number of aromatic nitrogens is 1. The molecule has 0 aliphatic rings. The molecule has 1 atom stereocenters. The summed E-state index contributed by atoms with van der Waals surface area (Å²) < 4.78 is 36.6. The van der Waals surface area contributed by atoms with Crippen molar-refractivity contribution in [2.75, 3.05) is 7.11 Å². The summed E-state index contributed by atoms with van der Waals surface area (Å²) in [5.41, 5.74) is 1.64. The first-order valence-electron chi connectivity index (χ1n) is 9.54. The number of nitrogens with zero attached hydrogens (tertiary/aromatic N) is 1. The van der Waals surface area contributed by atoms with Crippen LogP contribution in [-0.2, 0) is 16.6 Å². The van der Waals surface area contributed by atoms with Crippen molar-refractivity contribution in [1.29, 1.82) is 0 Å². The molecular weight excluding hydrogens is 408 g/mol. The van der Waals surface area contributed by atoms with E-state index in [1.54, 1.807) is 29.9 Å². The van der Waals surface area contributed by atoms with E-state index in [4.69, 9.17) is 4.74 Å². The van der Waals surface area contributed by atoms with E-state index in [0.717, 1.165) is 28.2 Å². The van der Waals surface area contributed by atoms with Gasteiger partial charge in [-0.25, -0.2) is 13.1 Å². The van der Waals surface area contributed by atoms with Gasteiger partial charge in [0.2, 0.25) is 10.0 Å². The van der Waals surface area contributed by atoms with Crippen LogP contribution in [0.15, 0.2) is 52.2 Å². The van der Waals surface area contributed by atoms with E-state index in [1.807, 2.05) is 31.2 Å². The summed E-state index contributed by atoms with van der Waals surface area (Å²) in [6.07, 6.45) is 0.660. The van der Waals surface area contributed by atoms with Gasteiger partial charge in [-0.05, 0) is 55.2 Å². The Kier molecular flexibility index (Phi) is 6.45. The summed E-state index contributed by atoms with van der Waals surface area (Å²) in [7, 11) is -2.16. The van der Waals surface area contributed by atoms with E-state index in [2.05, 4.69) is 18.6 Å². The maximum absolute atomic E-state index is 13.1. The van der Waals surface area contributed by atoms with Crippen LogP contribution in [0.5, 0.6) is 5.75 Å². The first kappa shape index (κ1) is 21.5. The fraction of sp³-hybridized carbons (Fsp3) is 0.381. The van der Waals surface area contributed by atoms with E-state index >= 15 is 0 Å².